The molecule has 0 aliphatic rings. The first-order valence-electron chi connectivity index (χ1n) is 7.53. The maximum absolute atomic E-state index is 5.70. The first-order valence-corrected chi connectivity index (χ1v) is 7.53. The second-order valence-corrected chi connectivity index (χ2v) is 5.37. The Hall–Kier alpha value is -3.21. The topological polar surface area (TPSA) is 60.3 Å². The van der Waals surface area contributed by atoms with Gasteiger partial charge in [-0.05, 0) is 42.5 Å². The summed E-state index contributed by atoms with van der Waals surface area (Å²) >= 11 is 0. The third kappa shape index (κ3) is 2.31. The number of hydrogen-bond donors (Lipinski definition) is 1. The summed E-state index contributed by atoms with van der Waals surface area (Å²) in [7, 11) is 3.31. The van der Waals surface area contributed by atoms with E-state index in [0.717, 1.165) is 45.0 Å². The molecule has 1 N–H and O–H groups in total. The van der Waals surface area contributed by atoms with E-state index in [1.807, 2.05) is 48.7 Å². The molecule has 0 saturated heterocycles. The molecule has 0 unspecified atom stereocenters. The van der Waals surface area contributed by atoms with Gasteiger partial charge in [0.25, 0.3) is 0 Å². The molecule has 0 amide bonds. The van der Waals surface area contributed by atoms with Gasteiger partial charge < -0.3 is 18.9 Å². The molecule has 4 aromatic rings. The van der Waals surface area contributed by atoms with Crippen molar-refractivity contribution >= 4 is 10.9 Å². The van der Waals surface area contributed by atoms with E-state index >= 15 is 0 Å². The Morgan fingerprint density at radius 1 is 0.958 bits per heavy atom. The molecule has 2 aromatic heterocycles. The van der Waals surface area contributed by atoms with E-state index in [2.05, 4.69) is 9.97 Å². The first kappa shape index (κ1) is 14.4. The van der Waals surface area contributed by atoms with Crippen molar-refractivity contribution in [3.05, 3.63) is 55.1 Å². The van der Waals surface area contributed by atoms with Gasteiger partial charge in [-0.1, -0.05) is 0 Å². The Kier molecular flexibility index (Phi) is 3.46. The smallest absolute Gasteiger partial charge is 0.182 e. The lowest BCUT2D eigenvalue weighted by Gasteiger charge is -2.04. The van der Waals surface area contributed by atoms with Crippen molar-refractivity contribution in [2.75, 3.05) is 14.2 Å². The van der Waals surface area contributed by atoms with Crippen molar-refractivity contribution in [1.29, 1.82) is 0 Å². The van der Waals surface area contributed by atoms with Crippen LogP contribution in [0, 0.1) is 0 Å². The number of aromatic amines is 1. The quantitative estimate of drug-likeness (QED) is 0.601. The number of aromatic nitrogens is 2. The van der Waals surface area contributed by atoms with Crippen molar-refractivity contribution in [3.63, 3.8) is 0 Å². The van der Waals surface area contributed by atoms with Crippen LogP contribution in [0.15, 0.2) is 59.5 Å². The van der Waals surface area contributed by atoms with Crippen molar-refractivity contribution in [1.82, 2.24) is 9.97 Å². The minimum atomic E-state index is 0.722. The standard InChI is InChI=1S/C19H16N2O3/c1-22-13-5-3-12(4-6-13)18-19(24-11-21-18)16-10-20-17-8-7-14(23-2)9-15(16)17/h3-11,20H,1-2H3. The molecule has 120 valence electrons. The summed E-state index contributed by atoms with van der Waals surface area (Å²) in [6.45, 7) is 0. The highest BCUT2D eigenvalue weighted by atomic mass is 16.5. The summed E-state index contributed by atoms with van der Waals surface area (Å²) in [6.07, 6.45) is 3.39. The molecule has 2 heterocycles. The molecule has 2 aromatic carbocycles. The summed E-state index contributed by atoms with van der Waals surface area (Å²) in [4.78, 5) is 7.66. The summed E-state index contributed by atoms with van der Waals surface area (Å²) in [5, 5.41) is 1.03. The number of ether oxygens (including phenoxy) is 2. The number of nitrogens with zero attached hydrogens (tertiary/aromatic N) is 1. The molecular formula is C19H16N2O3. The fraction of sp³-hybridized carbons (Fsp3) is 0.105. The van der Waals surface area contributed by atoms with Gasteiger partial charge in [0.2, 0.25) is 0 Å². The normalized spacial score (nSPS) is 10.9. The van der Waals surface area contributed by atoms with E-state index in [0.29, 0.717) is 0 Å². The van der Waals surface area contributed by atoms with E-state index in [9.17, 15) is 0 Å². The predicted octanol–water partition coefficient (Wildman–Crippen LogP) is 4.51. The van der Waals surface area contributed by atoms with Gasteiger partial charge in [-0.2, -0.15) is 0 Å². The van der Waals surface area contributed by atoms with E-state index in [1.54, 1.807) is 14.2 Å². The molecule has 0 bridgehead atoms. The van der Waals surface area contributed by atoms with Gasteiger partial charge >= 0.3 is 0 Å². The zero-order valence-corrected chi connectivity index (χ0v) is 13.4. The van der Waals surface area contributed by atoms with Crippen LogP contribution in [0.1, 0.15) is 0 Å². The van der Waals surface area contributed by atoms with Crippen molar-refractivity contribution in [3.8, 4) is 34.1 Å². The van der Waals surface area contributed by atoms with Gasteiger partial charge in [0.05, 0.1) is 14.2 Å². The largest absolute Gasteiger partial charge is 0.497 e. The van der Waals surface area contributed by atoms with E-state index in [1.165, 1.54) is 6.39 Å². The van der Waals surface area contributed by atoms with Crippen molar-refractivity contribution in [2.45, 2.75) is 0 Å². The molecule has 0 fully saturated rings. The van der Waals surface area contributed by atoms with Crippen LogP contribution in [0.5, 0.6) is 11.5 Å². The molecule has 0 aliphatic heterocycles. The maximum Gasteiger partial charge on any atom is 0.182 e. The van der Waals surface area contributed by atoms with Gasteiger partial charge in [0.15, 0.2) is 12.2 Å². The zero-order chi connectivity index (χ0) is 16.5. The van der Waals surface area contributed by atoms with Gasteiger partial charge in [0, 0.05) is 28.2 Å². The summed E-state index contributed by atoms with van der Waals surface area (Å²) in [5.74, 6) is 2.33. The lowest BCUT2D eigenvalue weighted by atomic mass is 10.0. The van der Waals surface area contributed by atoms with Crippen LogP contribution >= 0.6 is 0 Å². The van der Waals surface area contributed by atoms with Crippen molar-refractivity contribution < 1.29 is 13.9 Å². The maximum atomic E-state index is 5.70. The molecular weight excluding hydrogens is 304 g/mol. The SMILES string of the molecule is COc1ccc(-c2ncoc2-c2c[nH]c3ccc(OC)cc23)cc1. The highest BCUT2D eigenvalue weighted by Crippen LogP contribution is 2.37. The Balaban J connectivity index is 1.85. The molecule has 0 atom stereocenters. The summed E-state index contributed by atoms with van der Waals surface area (Å²) in [5.41, 5.74) is 3.73. The van der Waals surface area contributed by atoms with E-state index in [-0.39, 0.29) is 0 Å². The number of hydrogen-bond acceptors (Lipinski definition) is 4. The fourth-order valence-electron chi connectivity index (χ4n) is 2.81. The molecule has 4 rings (SSSR count). The molecule has 0 aliphatic carbocycles. The average molecular weight is 320 g/mol. The molecule has 24 heavy (non-hydrogen) atoms. The number of fused-ring (bicyclic) bond motifs is 1. The van der Waals surface area contributed by atoms with E-state index in [4.69, 9.17) is 13.9 Å². The van der Waals surface area contributed by atoms with Crippen LogP contribution in [0.2, 0.25) is 0 Å². The number of methoxy groups -OCH3 is 2. The molecule has 0 radical (unpaired) electrons. The molecule has 0 saturated carbocycles. The minimum Gasteiger partial charge on any atom is -0.497 e. The van der Waals surface area contributed by atoms with Crippen LogP contribution in [0.4, 0.5) is 0 Å². The third-order valence-electron chi connectivity index (χ3n) is 4.06. The Labute approximate surface area is 138 Å². The van der Waals surface area contributed by atoms with Crippen LogP contribution in [0.3, 0.4) is 0 Å². The van der Waals surface area contributed by atoms with Crippen LogP contribution in [-0.4, -0.2) is 24.2 Å². The van der Waals surface area contributed by atoms with Gasteiger partial charge in [-0.15, -0.1) is 0 Å². The Morgan fingerprint density at radius 2 is 1.71 bits per heavy atom. The highest BCUT2D eigenvalue weighted by molar-refractivity contribution is 5.97. The van der Waals surface area contributed by atoms with Crippen LogP contribution in [-0.2, 0) is 0 Å². The number of oxazole rings is 1. The zero-order valence-electron chi connectivity index (χ0n) is 13.4. The van der Waals surface area contributed by atoms with E-state index < -0.39 is 0 Å². The fourth-order valence-corrected chi connectivity index (χ4v) is 2.81. The lowest BCUT2D eigenvalue weighted by Crippen LogP contribution is -1.85. The summed E-state index contributed by atoms with van der Waals surface area (Å²) < 4.78 is 16.2. The second kappa shape index (κ2) is 5.77. The monoisotopic (exact) mass is 320 g/mol. The highest BCUT2D eigenvalue weighted by Gasteiger charge is 2.17. The van der Waals surface area contributed by atoms with Crippen molar-refractivity contribution in [2.24, 2.45) is 0 Å². The molecule has 5 heteroatoms. The molecule has 0 spiro atoms. The van der Waals surface area contributed by atoms with Gasteiger partial charge in [-0.3, -0.25) is 0 Å². The third-order valence-corrected chi connectivity index (χ3v) is 4.06. The van der Waals surface area contributed by atoms with Crippen LogP contribution in [0.25, 0.3) is 33.5 Å². The predicted molar refractivity (Wildman–Crippen MR) is 92.3 cm³/mol. The number of benzene rings is 2. The number of rotatable bonds is 4. The first-order chi connectivity index (χ1) is 11.8. The summed E-state index contributed by atoms with van der Waals surface area (Å²) in [6, 6.07) is 13.7. The van der Waals surface area contributed by atoms with Gasteiger partial charge in [0.1, 0.15) is 17.2 Å². The minimum absolute atomic E-state index is 0.722. The Bertz CT molecular complexity index is 983. The average Bonchev–Trinajstić information content (AvgIpc) is 3.27. The lowest BCUT2D eigenvalue weighted by molar-refractivity contribution is 0.415. The Morgan fingerprint density at radius 3 is 2.46 bits per heavy atom. The van der Waals surface area contributed by atoms with Gasteiger partial charge in [-0.25, -0.2) is 4.98 Å². The number of H-pyrrole nitrogens is 1. The second-order valence-electron chi connectivity index (χ2n) is 5.37. The van der Waals surface area contributed by atoms with Crippen LogP contribution < -0.4 is 9.47 Å². The number of nitrogens with one attached hydrogen (secondary N) is 1. The molecule has 5 nitrogen and oxygen atoms in total.